The molecule has 0 fully saturated rings. The molecule has 0 saturated carbocycles. The molecule has 26 heavy (non-hydrogen) atoms. The Hall–Kier alpha value is -3.35. The summed E-state index contributed by atoms with van der Waals surface area (Å²) in [5, 5.41) is 9.65. The maximum Gasteiger partial charge on any atom is 0.336 e. The van der Waals surface area contributed by atoms with Gasteiger partial charge in [0.1, 0.15) is 11.8 Å². The fourth-order valence-corrected chi connectivity index (χ4v) is 2.85. The van der Waals surface area contributed by atoms with Gasteiger partial charge in [-0.1, -0.05) is 12.1 Å². The molecule has 3 rings (SSSR count). The lowest BCUT2D eigenvalue weighted by atomic mass is 10.2. The summed E-state index contributed by atoms with van der Waals surface area (Å²) in [5.74, 6) is -0.543. The van der Waals surface area contributed by atoms with Crippen molar-refractivity contribution in [2.75, 3.05) is 6.61 Å². The third-order valence-corrected chi connectivity index (χ3v) is 4.15. The quantitative estimate of drug-likeness (QED) is 0.758. The Kier molecular flexibility index (Phi) is 4.62. The van der Waals surface area contributed by atoms with Crippen molar-refractivity contribution in [2.24, 2.45) is 0 Å². The minimum Gasteiger partial charge on any atom is -0.494 e. The third-order valence-electron chi connectivity index (χ3n) is 4.15. The lowest BCUT2D eigenvalue weighted by molar-refractivity contribution is -0.140. The number of fused-ring (bicyclic) bond motifs is 1. The highest BCUT2D eigenvalue weighted by atomic mass is 16.5. The molecule has 0 amide bonds. The summed E-state index contributed by atoms with van der Waals surface area (Å²) in [6.07, 6.45) is 0. The lowest BCUT2D eigenvalue weighted by Gasteiger charge is -2.17. The van der Waals surface area contributed by atoms with Crippen molar-refractivity contribution in [2.45, 2.75) is 19.9 Å². The molecule has 0 aliphatic carbocycles. The van der Waals surface area contributed by atoms with Gasteiger partial charge in [0.25, 0.3) is 5.56 Å². The highest BCUT2D eigenvalue weighted by Crippen LogP contribution is 2.17. The van der Waals surface area contributed by atoms with Gasteiger partial charge in [-0.05, 0) is 50.2 Å². The van der Waals surface area contributed by atoms with Crippen LogP contribution in [0.1, 0.15) is 19.9 Å². The van der Waals surface area contributed by atoms with Crippen molar-refractivity contribution >= 4 is 16.9 Å². The van der Waals surface area contributed by atoms with E-state index in [1.807, 2.05) is 6.92 Å². The average Bonchev–Trinajstić information content (AvgIpc) is 2.63. The fourth-order valence-electron chi connectivity index (χ4n) is 2.85. The van der Waals surface area contributed by atoms with Gasteiger partial charge in [-0.25, -0.2) is 14.2 Å². The summed E-state index contributed by atoms with van der Waals surface area (Å²) in [7, 11) is 0. The van der Waals surface area contributed by atoms with Crippen LogP contribution in [0.15, 0.2) is 58.1 Å². The van der Waals surface area contributed by atoms with Crippen molar-refractivity contribution in [1.29, 1.82) is 0 Å². The van der Waals surface area contributed by atoms with E-state index < -0.39 is 23.3 Å². The zero-order chi connectivity index (χ0) is 18.8. The molecule has 1 unspecified atom stereocenters. The number of benzene rings is 2. The Labute approximate surface area is 148 Å². The van der Waals surface area contributed by atoms with E-state index in [0.717, 1.165) is 9.13 Å². The molecule has 0 spiro atoms. The molecule has 1 atom stereocenters. The van der Waals surface area contributed by atoms with Crippen LogP contribution in [0.25, 0.3) is 16.6 Å². The molecule has 3 aromatic rings. The Morgan fingerprint density at radius 3 is 2.38 bits per heavy atom. The number of carboxylic acid groups (broad SMARTS) is 1. The van der Waals surface area contributed by atoms with Crippen molar-refractivity contribution < 1.29 is 14.6 Å². The number of aliphatic carboxylic acids is 1. The summed E-state index contributed by atoms with van der Waals surface area (Å²) in [4.78, 5) is 37.3. The average molecular weight is 354 g/mol. The van der Waals surface area contributed by atoms with Gasteiger partial charge in [0.15, 0.2) is 0 Å². The van der Waals surface area contributed by atoms with E-state index in [2.05, 4.69) is 0 Å². The first-order valence-corrected chi connectivity index (χ1v) is 8.18. The number of rotatable bonds is 5. The molecule has 1 N–H and O–H groups in total. The zero-order valence-corrected chi connectivity index (χ0v) is 14.4. The van der Waals surface area contributed by atoms with Crippen LogP contribution in [0.2, 0.25) is 0 Å². The molecule has 1 aromatic heterocycles. The summed E-state index contributed by atoms with van der Waals surface area (Å²) in [6.45, 7) is 3.76. The Balaban J connectivity index is 2.34. The Bertz CT molecular complexity index is 1080. The van der Waals surface area contributed by atoms with Crippen LogP contribution >= 0.6 is 0 Å². The van der Waals surface area contributed by atoms with Crippen LogP contribution < -0.4 is 16.0 Å². The lowest BCUT2D eigenvalue weighted by Crippen LogP contribution is -2.41. The Morgan fingerprint density at radius 1 is 1.12 bits per heavy atom. The zero-order valence-electron chi connectivity index (χ0n) is 14.4. The highest BCUT2D eigenvalue weighted by Gasteiger charge is 2.21. The molecule has 0 aliphatic heterocycles. The largest absolute Gasteiger partial charge is 0.494 e. The summed E-state index contributed by atoms with van der Waals surface area (Å²) >= 11 is 0. The van der Waals surface area contributed by atoms with Gasteiger partial charge >= 0.3 is 11.7 Å². The second-order valence-electron chi connectivity index (χ2n) is 5.75. The summed E-state index contributed by atoms with van der Waals surface area (Å²) in [5.41, 5.74) is -0.559. The smallest absolute Gasteiger partial charge is 0.336 e. The molecule has 134 valence electrons. The molecule has 0 bridgehead atoms. The predicted octanol–water partition coefficient (Wildman–Crippen LogP) is 2.20. The maximum absolute atomic E-state index is 13.0. The monoisotopic (exact) mass is 354 g/mol. The number of aromatic nitrogens is 2. The summed E-state index contributed by atoms with van der Waals surface area (Å²) < 4.78 is 7.48. The fraction of sp³-hybridized carbons (Fsp3) is 0.211. The number of carbonyl (C=O) groups is 1. The molecule has 0 saturated heterocycles. The summed E-state index contributed by atoms with van der Waals surface area (Å²) in [6, 6.07) is 11.9. The van der Waals surface area contributed by atoms with Gasteiger partial charge in [0.2, 0.25) is 0 Å². The van der Waals surface area contributed by atoms with Gasteiger partial charge in [0.05, 0.1) is 23.2 Å². The molecule has 1 heterocycles. The van der Waals surface area contributed by atoms with Crippen LogP contribution in [0.5, 0.6) is 5.75 Å². The van der Waals surface area contributed by atoms with E-state index in [0.29, 0.717) is 23.6 Å². The van der Waals surface area contributed by atoms with Gasteiger partial charge in [-0.2, -0.15) is 0 Å². The number of hydrogen-bond donors (Lipinski definition) is 1. The Morgan fingerprint density at radius 2 is 1.77 bits per heavy atom. The van der Waals surface area contributed by atoms with E-state index in [1.54, 1.807) is 48.5 Å². The van der Waals surface area contributed by atoms with Gasteiger partial charge in [-0.3, -0.25) is 9.36 Å². The second kappa shape index (κ2) is 6.87. The first-order chi connectivity index (χ1) is 12.5. The van der Waals surface area contributed by atoms with E-state index in [4.69, 9.17) is 4.74 Å². The standard InChI is InChI=1S/C19H18N2O5/c1-3-26-14-10-8-13(9-11-14)21-17(22)15-6-4-5-7-16(15)20(19(21)25)12(2)18(23)24/h4-12H,3H2,1-2H3,(H,23,24). The van der Waals surface area contributed by atoms with Gasteiger partial charge < -0.3 is 9.84 Å². The van der Waals surface area contributed by atoms with Crippen molar-refractivity contribution in [3.63, 3.8) is 0 Å². The van der Waals surface area contributed by atoms with Gasteiger partial charge in [-0.15, -0.1) is 0 Å². The minimum atomic E-state index is -1.16. The normalized spacial score (nSPS) is 12.1. The molecule has 0 aliphatic rings. The third kappa shape index (κ3) is 2.88. The number of para-hydroxylation sites is 1. The molecule has 7 nitrogen and oxygen atoms in total. The van der Waals surface area contributed by atoms with Crippen molar-refractivity contribution in [3.8, 4) is 11.4 Å². The number of nitrogens with zero attached hydrogens (tertiary/aromatic N) is 2. The van der Waals surface area contributed by atoms with E-state index in [1.165, 1.54) is 6.92 Å². The SMILES string of the molecule is CCOc1ccc(-n2c(=O)c3ccccc3n(C(C)C(=O)O)c2=O)cc1. The molecule has 0 radical (unpaired) electrons. The molecule has 7 heteroatoms. The second-order valence-corrected chi connectivity index (χ2v) is 5.75. The molecule has 2 aromatic carbocycles. The molecular formula is C19H18N2O5. The van der Waals surface area contributed by atoms with E-state index in [-0.39, 0.29) is 5.39 Å². The predicted molar refractivity (Wildman–Crippen MR) is 97.3 cm³/mol. The molecular weight excluding hydrogens is 336 g/mol. The number of carboxylic acids is 1. The van der Waals surface area contributed by atoms with Crippen LogP contribution in [-0.4, -0.2) is 26.8 Å². The maximum atomic E-state index is 13.0. The van der Waals surface area contributed by atoms with Crippen molar-refractivity contribution in [3.05, 3.63) is 69.4 Å². The minimum absolute atomic E-state index is 0.272. The van der Waals surface area contributed by atoms with Crippen LogP contribution in [0.3, 0.4) is 0 Å². The van der Waals surface area contributed by atoms with E-state index >= 15 is 0 Å². The van der Waals surface area contributed by atoms with E-state index in [9.17, 15) is 19.5 Å². The van der Waals surface area contributed by atoms with Crippen LogP contribution in [0, 0.1) is 0 Å². The first-order valence-electron chi connectivity index (χ1n) is 8.18. The highest BCUT2D eigenvalue weighted by molar-refractivity contribution is 5.81. The first kappa shape index (κ1) is 17.5. The van der Waals surface area contributed by atoms with Crippen LogP contribution in [-0.2, 0) is 4.79 Å². The number of hydrogen-bond acceptors (Lipinski definition) is 4. The number of ether oxygens (including phenoxy) is 1. The topological polar surface area (TPSA) is 90.5 Å². The van der Waals surface area contributed by atoms with Crippen molar-refractivity contribution in [1.82, 2.24) is 9.13 Å². The van der Waals surface area contributed by atoms with Crippen LogP contribution in [0.4, 0.5) is 0 Å². The van der Waals surface area contributed by atoms with Gasteiger partial charge in [0, 0.05) is 0 Å².